The maximum atomic E-state index is 11.9. The van der Waals surface area contributed by atoms with Crippen molar-refractivity contribution in [2.45, 2.75) is 26.3 Å². The van der Waals surface area contributed by atoms with Gasteiger partial charge in [0.05, 0.1) is 6.54 Å². The molecule has 0 aromatic heterocycles. The van der Waals surface area contributed by atoms with Crippen LogP contribution in [0.1, 0.15) is 20.3 Å². The van der Waals surface area contributed by atoms with E-state index in [1.807, 2.05) is 13.0 Å². The van der Waals surface area contributed by atoms with Crippen LogP contribution < -0.4 is 5.32 Å². The van der Waals surface area contributed by atoms with Gasteiger partial charge in [-0.25, -0.2) is 4.39 Å². The van der Waals surface area contributed by atoms with E-state index in [0.29, 0.717) is 24.3 Å². The fraction of sp³-hybridized carbons (Fsp3) is 0.636. The van der Waals surface area contributed by atoms with Crippen LogP contribution in [0.25, 0.3) is 0 Å². The molecule has 1 N–H and O–H groups in total. The minimum atomic E-state index is -0.742. The van der Waals surface area contributed by atoms with E-state index in [0.717, 1.165) is 6.42 Å². The summed E-state index contributed by atoms with van der Waals surface area (Å²) in [4.78, 5) is 0. The molecule has 0 aromatic rings. The van der Waals surface area contributed by atoms with Crippen LogP contribution in [0.15, 0.2) is 24.0 Å². The molecule has 2 nitrogen and oxygen atoms in total. The van der Waals surface area contributed by atoms with Crippen LogP contribution in [-0.2, 0) is 4.74 Å². The zero-order valence-corrected chi connectivity index (χ0v) is 8.85. The predicted octanol–water partition coefficient (Wildman–Crippen LogP) is 2.39. The third-order valence-corrected chi connectivity index (χ3v) is 2.76. The van der Waals surface area contributed by atoms with Crippen LogP contribution in [0.4, 0.5) is 4.39 Å². The lowest BCUT2D eigenvalue weighted by Crippen LogP contribution is -2.39. The molecule has 3 heteroatoms. The average Bonchev–Trinajstić information content (AvgIpc) is 2.18. The topological polar surface area (TPSA) is 21.3 Å². The van der Waals surface area contributed by atoms with Gasteiger partial charge in [-0.05, 0) is 25.3 Å². The third kappa shape index (κ3) is 2.84. The molecule has 1 rings (SSSR count). The summed E-state index contributed by atoms with van der Waals surface area (Å²) < 4.78 is 16.6. The van der Waals surface area contributed by atoms with Gasteiger partial charge in [-0.2, -0.15) is 0 Å². The lowest BCUT2D eigenvalue weighted by molar-refractivity contribution is 0.105. The second kappa shape index (κ2) is 5.15. The van der Waals surface area contributed by atoms with Crippen LogP contribution in [0.3, 0.4) is 0 Å². The summed E-state index contributed by atoms with van der Waals surface area (Å²) in [6.07, 6.45) is 2.84. The number of halogens is 1. The Labute approximate surface area is 84.8 Å². The first-order valence-electron chi connectivity index (χ1n) is 4.91. The molecule has 1 heterocycles. The van der Waals surface area contributed by atoms with Gasteiger partial charge >= 0.3 is 0 Å². The molecule has 14 heavy (non-hydrogen) atoms. The Morgan fingerprint density at radius 1 is 1.86 bits per heavy atom. The van der Waals surface area contributed by atoms with E-state index < -0.39 is 6.86 Å². The molecular formula is C11H18FNO. The number of nitrogens with one attached hydrogen (secondary N) is 1. The number of hydrogen-bond donors (Lipinski definition) is 1. The lowest BCUT2D eigenvalue weighted by atomic mass is 9.91. The van der Waals surface area contributed by atoms with Crippen LogP contribution in [-0.4, -0.2) is 19.4 Å². The van der Waals surface area contributed by atoms with Gasteiger partial charge in [-0.3, -0.25) is 0 Å². The molecule has 0 spiro atoms. The van der Waals surface area contributed by atoms with Gasteiger partial charge in [0.1, 0.15) is 5.76 Å². The van der Waals surface area contributed by atoms with Crippen molar-refractivity contribution in [3.63, 3.8) is 0 Å². The molecule has 1 aliphatic heterocycles. The Balaban J connectivity index is 2.45. The van der Waals surface area contributed by atoms with E-state index in [4.69, 9.17) is 4.74 Å². The molecule has 0 saturated heterocycles. The zero-order chi connectivity index (χ0) is 10.6. The second-order valence-electron chi connectivity index (χ2n) is 3.78. The summed E-state index contributed by atoms with van der Waals surface area (Å²) >= 11 is 0. The summed E-state index contributed by atoms with van der Waals surface area (Å²) in [5.74, 6) is 1.15. The highest BCUT2D eigenvalue weighted by Gasteiger charge is 2.20. The van der Waals surface area contributed by atoms with Crippen molar-refractivity contribution < 1.29 is 9.13 Å². The van der Waals surface area contributed by atoms with Crippen LogP contribution >= 0.6 is 0 Å². The van der Waals surface area contributed by atoms with Gasteiger partial charge in [0.15, 0.2) is 0 Å². The molecule has 0 amide bonds. The third-order valence-electron chi connectivity index (χ3n) is 2.76. The van der Waals surface area contributed by atoms with Crippen molar-refractivity contribution in [3.05, 3.63) is 24.0 Å². The minimum Gasteiger partial charge on any atom is -0.466 e. The smallest absolute Gasteiger partial charge is 0.228 e. The van der Waals surface area contributed by atoms with Crippen molar-refractivity contribution in [2.24, 2.45) is 5.92 Å². The maximum absolute atomic E-state index is 11.9. The normalized spacial score (nSPS) is 23.9. The van der Waals surface area contributed by atoms with E-state index in [9.17, 15) is 4.39 Å². The van der Waals surface area contributed by atoms with Crippen molar-refractivity contribution in [1.29, 1.82) is 0 Å². The van der Waals surface area contributed by atoms with Crippen molar-refractivity contribution in [2.75, 3.05) is 13.4 Å². The summed E-state index contributed by atoms with van der Waals surface area (Å²) in [6.45, 7) is 7.99. The number of rotatable bonds is 4. The Morgan fingerprint density at radius 3 is 3.00 bits per heavy atom. The van der Waals surface area contributed by atoms with Gasteiger partial charge < -0.3 is 10.1 Å². The number of alkyl halides is 1. The van der Waals surface area contributed by atoms with Gasteiger partial charge in [0.25, 0.3) is 0 Å². The van der Waals surface area contributed by atoms with E-state index in [1.165, 1.54) is 5.57 Å². The Hall–Kier alpha value is -0.830. The summed E-state index contributed by atoms with van der Waals surface area (Å²) in [6, 6.07) is 0.402. The van der Waals surface area contributed by atoms with E-state index in [-0.39, 0.29) is 0 Å². The first kappa shape index (κ1) is 11.2. The van der Waals surface area contributed by atoms with Gasteiger partial charge in [0.2, 0.25) is 6.86 Å². The van der Waals surface area contributed by atoms with E-state index in [2.05, 4.69) is 18.8 Å². The SMILES string of the molecule is C=C(C)C(C)C1CC=C(OCF)CN1. The highest BCUT2D eigenvalue weighted by atomic mass is 19.1. The molecule has 0 fully saturated rings. The molecule has 0 aromatic carbocycles. The molecule has 2 unspecified atom stereocenters. The van der Waals surface area contributed by atoms with Crippen LogP contribution in [0, 0.1) is 5.92 Å². The minimum absolute atomic E-state index is 0.402. The molecule has 0 bridgehead atoms. The highest BCUT2D eigenvalue weighted by molar-refractivity contribution is 5.08. The van der Waals surface area contributed by atoms with Gasteiger partial charge in [-0.1, -0.05) is 19.1 Å². The van der Waals surface area contributed by atoms with Crippen molar-refractivity contribution in [1.82, 2.24) is 5.32 Å². The first-order chi connectivity index (χ1) is 6.65. The Bertz CT molecular complexity index is 237. The van der Waals surface area contributed by atoms with Crippen LogP contribution in [0.5, 0.6) is 0 Å². The maximum Gasteiger partial charge on any atom is 0.228 e. The van der Waals surface area contributed by atoms with Gasteiger partial charge in [-0.15, -0.1) is 0 Å². The lowest BCUT2D eigenvalue weighted by Gasteiger charge is -2.28. The molecular weight excluding hydrogens is 181 g/mol. The van der Waals surface area contributed by atoms with Gasteiger partial charge in [0, 0.05) is 6.04 Å². The Kier molecular flexibility index (Phi) is 4.14. The molecule has 0 radical (unpaired) electrons. The second-order valence-corrected chi connectivity index (χ2v) is 3.78. The van der Waals surface area contributed by atoms with E-state index in [1.54, 1.807) is 0 Å². The zero-order valence-electron chi connectivity index (χ0n) is 8.85. The predicted molar refractivity (Wildman–Crippen MR) is 55.5 cm³/mol. The fourth-order valence-corrected chi connectivity index (χ4v) is 1.55. The molecule has 80 valence electrons. The van der Waals surface area contributed by atoms with E-state index >= 15 is 0 Å². The standard InChI is InChI=1S/C11H18FNO/c1-8(2)9(3)11-5-4-10(6-13-11)14-7-12/h4,9,11,13H,1,5-7H2,2-3H3. The molecule has 1 aliphatic rings. The largest absolute Gasteiger partial charge is 0.466 e. The highest BCUT2D eigenvalue weighted by Crippen LogP contribution is 2.19. The number of ether oxygens (including phenoxy) is 1. The monoisotopic (exact) mass is 199 g/mol. The summed E-state index contributed by atoms with van der Waals surface area (Å²) in [5.41, 5.74) is 1.17. The molecule has 0 aliphatic carbocycles. The summed E-state index contributed by atoms with van der Waals surface area (Å²) in [5, 5.41) is 3.31. The van der Waals surface area contributed by atoms with Crippen molar-refractivity contribution >= 4 is 0 Å². The molecule has 2 atom stereocenters. The van der Waals surface area contributed by atoms with Crippen molar-refractivity contribution in [3.8, 4) is 0 Å². The fourth-order valence-electron chi connectivity index (χ4n) is 1.55. The molecule has 0 saturated carbocycles. The quantitative estimate of drug-likeness (QED) is 0.702. The average molecular weight is 199 g/mol. The Morgan fingerprint density at radius 2 is 2.57 bits per heavy atom. The number of hydrogen-bond acceptors (Lipinski definition) is 2. The van der Waals surface area contributed by atoms with Crippen LogP contribution in [0.2, 0.25) is 0 Å². The summed E-state index contributed by atoms with van der Waals surface area (Å²) in [7, 11) is 0. The first-order valence-corrected chi connectivity index (χ1v) is 4.91.